The van der Waals surface area contributed by atoms with E-state index in [-0.39, 0.29) is 30.5 Å². The van der Waals surface area contributed by atoms with Crippen molar-refractivity contribution in [2.45, 2.75) is 89.1 Å². The molecule has 1 heterocycles. The Morgan fingerprint density at radius 3 is 2.81 bits per heavy atom. The van der Waals surface area contributed by atoms with Crippen LogP contribution in [0.25, 0.3) is 0 Å². The van der Waals surface area contributed by atoms with Gasteiger partial charge in [0, 0.05) is 25.2 Å². The molecule has 1 saturated carbocycles. The summed E-state index contributed by atoms with van der Waals surface area (Å²) in [6, 6.07) is 0. The lowest BCUT2D eigenvalue weighted by Crippen LogP contribution is -2.23. The fourth-order valence-corrected chi connectivity index (χ4v) is 4.12. The van der Waals surface area contributed by atoms with Crippen LogP contribution in [0.5, 0.6) is 0 Å². The third-order valence-corrected chi connectivity index (χ3v) is 5.57. The Kier molecular flexibility index (Phi) is 7.69. The SMILES string of the molecule is CC#CCCC(C)(O)/C=C/[C@H]1C(O)C[C@@H]2O[C@@H](CCCCC(=O)O)C[C@@H]21. The molecule has 6 atom stereocenters. The Morgan fingerprint density at radius 1 is 1.35 bits per heavy atom. The molecule has 1 aliphatic carbocycles. The normalized spacial score (nSPS) is 32.8. The topological polar surface area (TPSA) is 87.0 Å². The first-order chi connectivity index (χ1) is 12.3. The fourth-order valence-electron chi connectivity index (χ4n) is 4.12. The molecule has 0 aromatic rings. The minimum Gasteiger partial charge on any atom is -0.481 e. The second kappa shape index (κ2) is 9.55. The monoisotopic (exact) mass is 364 g/mol. The van der Waals surface area contributed by atoms with Crippen LogP contribution in [0.1, 0.15) is 65.2 Å². The molecule has 2 rings (SSSR count). The number of hydrogen-bond donors (Lipinski definition) is 3. The van der Waals surface area contributed by atoms with Crippen LogP contribution in [0, 0.1) is 23.7 Å². The Labute approximate surface area is 156 Å². The van der Waals surface area contributed by atoms with Gasteiger partial charge in [0.2, 0.25) is 0 Å². The van der Waals surface area contributed by atoms with Gasteiger partial charge in [0.25, 0.3) is 0 Å². The molecule has 3 N–H and O–H groups in total. The van der Waals surface area contributed by atoms with E-state index in [0.717, 1.165) is 19.3 Å². The number of aliphatic hydroxyl groups excluding tert-OH is 1. The minimum absolute atomic E-state index is 0.00718. The lowest BCUT2D eigenvalue weighted by Gasteiger charge is -2.21. The van der Waals surface area contributed by atoms with E-state index in [1.54, 1.807) is 19.9 Å². The van der Waals surface area contributed by atoms with E-state index >= 15 is 0 Å². The highest BCUT2D eigenvalue weighted by Crippen LogP contribution is 2.45. The molecular weight excluding hydrogens is 332 g/mol. The van der Waals surface area contributed by atoms with Gasteiger partial charge >= 0.3 is 5.97 Å². The summed E-state index contributed by atoms with van der Waals surface area (Å²) in [5.41, 5.74) is -0.919. The molecule has 0 aromatic carbocycles. The number of ether oxygens (including phenoxy) is 1. The minimum atomic E-state index is -0.919. The van der Waals surface area contributed by atoms with Crippen molar-refractivity contribution in [1.29, 1.82) is 0 Å². The fraction of sp³-hybridized carbons (Fsp3) is 0.762. The van der Waals surface area contributed by atoms with Crippen molar-refractivity contribution in [2.75, 3.05) is 0 Å². The summed E-state index contributed by atoms with van der Waals surface area (Å²) in [4.78, 5) is 10.6. The second-order valence-electron chi connectivity index (χ2n) is 7.86. The molecule has 0 radical (unpaired) electrons. The average Bonchev–Trinajstić information content (AvgIpc) is 3.06. The van der Waals surface area contributed by atoms with Gasteiger partial charge in [-0.1, -0.05) is 18.6 Å². The van der Waals surface area contributed by atoms with Crippen molar-refractivity contribution >= 4 is 5.97 Å². The van der Waals surface area contributed by atoms with Crippen LogP contribution in [0.2, 0.25) is 0 Å². The zero-order valence-corrected chi connectivity index (χ0v) is 15.9. The molecule has 2 fully saturated rings. The number of unbranched alkanes of at least 4 members (excludes halogenated alkanes) is 1. The van der Waals surface area contributed by atoms with Crippen LogP contribution < -0.4 is 0 Å². The first kappa shape index (κ1) is 21.0. The van der Waals surface area contributed by atoms with Crippen LogP contribution in [0.4, 0.5) is 0 Å². The summed E-state index contributed by atoms with van der Waals surface area (Å²) in [6.07, 6.45) is 8.93. The van der Waals surface area contributed by atoms with E-state index in [4.69, 9.17) is 9.84 Å². The smallest absolute Gasteiger partial charge is 0.303 e. The van der Waals surface area contributed by atoms with Crippen LogP contribution in [0.15, 0.2) is 12.2 Å². The number of aliphatic hydroxyl groups is 2. The lowest BCUT2D eigenvalue weighted by molar-refractivity contribution is -0.137. The quantitative estimate of drug-likeness (QED) is 0.333. The summed E-state index contributed by atoms with van der Waals surface area (Å²) in [7, 11) is 0. The molecule has 0 amide bonds. The number of carboxylic acid groups (broad SMARTS) is 1. The van der Waals surface area contributed by atoms with E-state index in [1.807, 2.05) is 6.08 Å². The van der Waals surface area contributed by atoms with Crippen LogP contribution >= 0.6 is 0 Å². The lowest BCUT2D eigenvalue weighted by atomic mass is 9.87. The highest BCUT2D eigenvalue weighted by molar-refractivity contribution is 5.66. The maximum absolute atomic E-state index is 10.6. The zero-order chi connectivity index (χ0) is 19.2. The Morgan fingerprint density at radius 2 is 2.12 bits per heavy atom. The predicted octanol–water partition coefficient (Wildman–Crippen LogP) is 2.90. The van der Waals surface area contributed by atoms with E-state index in [2.05, 4.69) is 11.8 Å². The summed E-state index contributed by atoms with van der Waals surface area (Å²) >= 11 is 0. The molecule has 5 heteroatoms. The van der Waals surface area contributed by atoms with E-state index in [1.165, 1.54) is 0 Å². The summed E-state index contributed by atoms with van der Waals surface area (Å²) in [5, 5.41) is 29.5. The van der Waals surface area contributed by atoms with E-state index < -0.39 is 17.7 Å². The van der Waals surface area contributed by atoms with Gasteiger partial charge in [-0.3, -0.25) is 4.79 Å². The molecule has 146 valence electrons. The van der Waals surface area contributed by atoms with Crippen molar-refractivity contribution < 1.29 is 24.9 Å². The largest absolute Gasteiger partial charge is 0.481 e. The number of hydrogen-bond acceptors (Lipinski definition) is 4. The average molecular weight is 364 g/mol. The molecule has 0 aromatic heterocycles. The molecule has 5 nitrogen and oxygen atoms in total. The van der Waals surface area contributed by atoms with Gasteiger partial charge in [-0.15, -0.1) is 11.8 Å². The first-order valence-corrected chi connectivity index (χ1v) is 9.69. The maximum atomic E-state index is 10.6. The third kappa shape index (κ3) is 6.12. The molecule has 2 unspecified atom stereocenters. The molecule has 1 saturated heterocycles. The molecular formula is C21H32O5. The van der Waals surface area contributed by atoms with Crippen LogP contribution in [-0.4, -0.2) is 45.2 Å². The molecule has 1 aliphatic heterocycles. The Hall–Kier alpha value is -1.35. The molecule has 0 spiro atoms. The maximum Gasteiger partial charge on any atom is 0.303 e. The van der Waals surface area contributed by atoms with Crippen molar-refractivity contribution in [3.8, 4) is 11.8 Å². The van der Waals surface area contributed by atoms with Crippen molar-refractivity contribution in [3.63, 3.8) is 0 Å². The first-order valence-electron chi connectivity index (χ1n) is 9.69. The highest BCUT2D eigenvalue weighted by Gasteiger charge is 2.47. The van der Waals surface area contributed by atoms with E-state index in [0.29, 0.717) is 25.7 Å². The standard InChI is InChI=1S/C21H32O5/c1-3-4-7-11-21(2,25)12-10-16-17-13-15(8-5-6-9-20(23)24)26-19(17)14-18(16)22/h10,12,15-19,22,25H,5-9,11,13-14H2,1-2H3,(H,23,24)/b12-10+/t15-,16+,17+,18?,19-,21?/m0/s1. The number of carboxylic acids is 1. The van der Waals surface area contributed by atoms with E-state index in [9.17, 15) is 15.0 Å². The number of aliphatic carboxylic acids is 1. The second-order valence-corrected chi connectivity index (χ2v) is 7.86. The van der Waals surface area contributed by atoms with Gasteiger partial charge in [-0.25, -0.2) is 0 Å². The zero-order valence-electron chi connectivity index (χ0n) is 15.9. The van der Waals surface area contributed by atoms with Gasteiger partial charge in [-0.05, 0) is 45.4 Å². The van der Waals surface area contributed by atoms with Crippen molar-refractivity contribution in [3.05, 3.63) is 12.2 Å². The number of fused-ring (bicyclic) bond motifs is 1. The predicted molar refractivity (Wildman–Crippen MR) is 99.4 cm³/mol. The van der Waals surface area contributed by atoms with Crippen LogP contribution in [-0.2, 0) is 9.53 Å². The Balaban J connectivity index is 1.85. The molecule has 0 bridgehead atoms. The molecule has 2 aliphatic rings. The van der Waals surface area contributed by atoms with Crippen molar-refractivity contribution in [1.82, 2.24) is 0 Å². The van der Waals surface area contributed by atoms with Gasteiger partial charge in [0.05, 0.1) is 23.9 Å². The Bertz CT molecular complexity index is 556. The summed E-state index contributed by atoms with van der Waals surface area (Å²) in [6.45, 7) is 3.56. The number of carbonyl (C=O) groups is 1. The number of rotatable bonds is 9. The third-order valence-electron chi connectivity index (χ3n) is 5.57. The summed E-state index contributed by atoms with van der Waals surface area (Å²) in [5.74, 6) is 5.33. The van der Waals surface area contributed by atoms with Gasteiger partial charge in [-0.2, -0.15) is 0 Å². The summed E-state index contributed by atoms with van der Waals surface area (Å²) < 4.78 is 6.08. The van der Waals surface area contributed by atoms with Gasteiger partial charge in [0.1, 0.15) is 0 Å². The highest BCUT2D eigenvalue weighted by atomic mass is 16.5. The van der Waals surface area contributed by atoms with Crippen molar-refractivity contribution in [2.24, 2.45) is 11.8 Å². The van der Waals surface area contributed by atoms with Gasteiger partial charge < -0.3 is 20.1 Å². The van der Waals surface area contributed by atoms with Gasteiger partial charge in [0.15, 0.2) is 0 Å². The molecule has 26 heavy (non-hydrogen) atoms. The van der Waals surface area contributed by atoms with Crippen LogP contribution in [0.3, 0.4) is 0 Å².